The molecule has 1 N–H and O–H groups in total. The third kappa shape index (κ3) is 4.28. The Hall–Kier alpha value is -3.67. The van der Waals surface area contributed by atoms with E-state index in [0.717, 1.165) is 30.2 Å². The number of aryl methyl sites for hydroxylation is 1. The van der Waals surface area contributed by atoms with Crippen molar-refractivity contribution in [3.05, 3.63) is 76.3 Å². The number of pyridine rings is 1. The summed E-state index contributed by atoms with van der Waals surface area (Å²) in [7, 11) is 0. The van der Waals surface area contributed by atoms with Gasteiger partial charge in [-0.1, -0.05) is 26.3 Å². The van der Waals surface area contributed by atoms with E-state index in [1.54, 1.807) is 36.5 Å². The second-order valence-corrected chi connectivity index (χ2v) is 7.33. The van der Waals surface area contributed by atoms with Gasteiger partial charge in [0, 0.05) is 17.6 Å². The molecule has 0 atom stereocenters. The van der Waals surface area contributed by atoms with Gasteiger partial charge in [-0.25, -0.2) is 0 Å². The van der Waals surface area contributed by atoms with Crippen molar-refractivity contribution in [3.63, 3.8) is 0 Å². The minimum absolute atomic E-state index is 0.0398. The Kier molecular flexibility index (Phi) is 5.98. The van der Waals surface area contributed by atoms with Gasteiger partial charge in [-0.2, -0.15) is 0 Å². The number of ether oxygens (including phenoxy) is 1. The lowest BCUT2D eigenvalue weighted by Crippen LogP contribution is -2.15. The maximum Gasteiger partial charge on any atom is 0.291 e. The van der Waals surface area contributed by atoms with Gasteiger partial charge in [0.25, 0.3) is 5.91 Å². The number of hydrogen-bond donors (Lipinski definition) is 1. The number of nitrogens with zero attached hydrogens (tertiary/aromatic N) is 1. The molecule has 0 aliphatic heterocycles. The second kappa shape index (κ2) is 9.00. The molecule has 6 nitrogen and oxygen atoms in total. The van der Waals surface area contributed by atoms with Crippen molar-refractivity contribution in [2.75, 3.05) is 11.9 Å². The maximum absolute atomic E-state index is 12.9. The largest absolute Gasteiger partial charge is 0.491 e. The van der Waals surface area contributed by atoms with Gasteiger partial charge in [-0.15, -0.1) is 0 Å². The van der Waals surface area contributed by atoms with Crippen LogP contribution < -0.4 is 15.5 Å². The van der Waals surface area contributed by atoms with E-state index < -0.39 is 5.91 Å². The highest BCUT2D eigenvalue weighted by molar-refractivity contribution is 6.08. The molecule has 31 heavy (non-hydrogen) atoms. The monoisotopic (exact) mass is 416 g/mol. The van der Waals surface area contributed by atoms with Crippen LogP contribution in [-0.2, 0) is 6.42 Å². The van der Waals surface area contributed by atoms with E-state index in [0.29, 0.717) is 34.5 Å². The number of carbonyl (C=O) groups excluding carboxylic acids is 1. The van der Waals surface area contributed by atoms with Crippen molar-refractivity contribution in [3.8, 4) is 5.75 Å². The first-order valence-corrected chi connectivity index (χ1v) is 10.5. The van der Waals surface area contributed by atoms with Gasteiger partial charge in [0.05, 0.1) is 17.7 Å². The number of amides is 1. The van der Waals surface area contributed by atoms with E-state index >= 15 is 0 Å². The fraction of sp³-hybridized carbons (Fsp3) is 0.240. The van der Waals surface area contributed by atoms with Crippen LogP contribution in [0.5, 0.6) is 5.75 Å². The molecule has 2 aromatic heterocycles. The number of benzene rings is 2. The molecule has 4 rings (SSSR count). The third-order valence-corrected chi connectivity index (χ3v) is 5.16. The molecule has 0 saturated carbocycles. The summed E-state index contributed by atoms with van der Waals surface area (Å²) in [4.78, 5) is 29.8. The fourth-order valence-corrected chi connectivity index (χ4v) is 3.42. The topological polar surface area (TPSA) is 81.4 Å². The lowest BCUT2D eigenvalue weighted by Gasteiger charge is -2.12. The van der Waals surface area contributed by atoms with Crippen LogP contribution in [-0.4, -0.2) is 17.5 Å². The standard InChI is InChI=1S/C25H24N2O4/c1-3-5-13-30-22-11-9-19(17-7-6-12-26-24(17)22)27-25(29)23-15-20(28)18-14-16(4-2)8-10-21(18)31-23/h6-12,14-15H,3-5,13H2,1-2H3,(H,27,29). The molecule has 0 unspecified atom stereocenters. The average Bonchev–Trinajstić information content (AvgIpc) is 2.80. The Morgan fingerprint density at radius 3 is 2.77 bits per heavy atom. The maximum atomic E-state index is 12.9. The van der Waals surface area contributed by atoms with Gasteiger partial charge in [0.15, 0.2) is 11.2 Å². The number of unbranched alkanes of at least 4 members (excludes halogenated alkanes) is 1. The summed E-state index contributed by atoms with van der Waals surface area (Å²) >= 11 is 0. The van der Waals surface area contributed by atoms with E-state index in [4.69, 9.17) is 9.15 Å². The van der Waals surface area contributed by atoms with Gasteiger partial charge in [-0.3, -0.25) is 14.6 Å². The first-order valence-electron chi connectivity index (χ1n) is 10.5. The van der Waals surface area contributed by atoms with Gasteiger partial charge in [-0.05, 0) is 54.8 Å². The summed E-state index contributed by atoms with van der Waals surface area (Å²) in [6.45, 7) is 4.73. The summed E-state index contributed by atoms with van der Waals surface area (Å²) in [5.41, 5.74) is 2.43. The summed E-state index contributed by atoms with van der Waals surface area (Å²) in [5, 5.41) is 4.06. The fourth-order valence-electron chi connectivity index (χ4n) is 3.42. The van der Waals surface area contributed by atoms with Gasteiger partial charge < -0.3 is 14.5 Å². The predicted octanol–water partition coefficient (Wildman–Crippen LogP) is 5.33. The number of hydrogen-bond acceptors (Lipinski definition) is 5. The van der Waals surface area contributed by atoms with Crippen molar-refractivity contribution < 1.29 is 13.9 Å². The summed E-state index contributed by atoms with van der Waals surface area (Å²) in [6, 6.07) is 13.9. The van der Waals surface area contributed by atoms with Gasteiger partial charge in [0.2, 0.25) is 0 Å². The molecule has 2 aromatic carbocycles. The number of anilines is 1. The second-order valence-electron chi connectivity index (χ2n) is 7.33. The molecule has 6 heteroatoms. The Bertz CT molecular complexity index is 1310. The molecule has 0 spiro atoms. The number of nitrogens with one attached hydrogen (secondary N) is 1. The molecule has 0 aliphatic carbocycles. The third-order valence-electron chi connectivity index (χ3n) is 5.16. The highest BCUT2D eigenvalue weighted by Crippen LogP contribution is 2.30. The van der Waals surface area contributed by atoms with Crippen molar-refractivity contribution in [2.24, 2.45) is 0 Å². The molecular weight excluding hydrogens is 392 g/mol. The molecule has 0 saturated heterocycles. The Balaban J connectivity index is 1.66. The summed E-state index contributed by atoms with van der Waals surface area (Å²) in [6.07, 6.45) is 4.49. The molecule has 0 radical (unpaired) electrons. The van der Waals surface area contributed by atoms with Crippen molar-refractivity contribution in [1.82, 2.24) is 4.98 Å². The van der Waals surface area contributed by atoms with E-state index in [1.807, 2.05) is 19.1 Å². The van der Waals surface area contributed by atoms with E-state index in [-0.39, 0.29) is 11.2 Å². The molecule has 1 amide bonds. The number of rotatable bonds is 7. The van der Waals surface area contributed by atoms with Crippen LogP contribution >= 0.6 is 0 Å². The van der Waals surface area contributed by atoms with Crippen LogP contribution in [0.15, 0.2) is 63.9 Å². The van der Waals surface area contributed by atoms with Crippen LogP contribution in [0.3, 0.4) is 0 Å². The molecule has 2 heterocycles. The van der Waals surface area contributed by atoms with Crippen LogP contribution in [0.2, 0.25) is 0 Å². The van der Waals surface area contributed by atoms with E-state index in [9.17, 15) is 9.59 Å². The Labute approximate surface area is 179 Å². The lowest BCUT2D eigenvalue weighted by molar-refractivity contribution is 0.0997. The van der Waals surface area contributed by atoms with Crippen molar-refractivity contribution in [1.29, 1.82) is 0 Å². The Morgan fingerprint density at radius 2 is 1.97 bits per heavy atom. The quantitative estimate of drug-likeness (QED) is 0.412. The first kappa shape index (κ1) is 20.6. The predicted molar refractivity (Wildman–Crippen MR) is 122 cm³/mol. The molecule has 4 aromatic rings. The van der Waals surface area contributed by atoms with Crippen LogP contribution in [0.4, 0.5) is 5.69 Å². The molecule has 0 fully saturated rings. The number of fused-ring (bicyclic) bond motifs is 2. The number of carbonyl (C=O) groups is 1. The number of aromatic nitrogens is 1. The van der Waals surface area contributed by atoms with Crippen LogP contribution in [0.25, 0.3) is 21.9 Å². The zero-order chi connectivity index (χ0) is 21.8. The zero-order valence-corrected chi connectivity index (χ0v) is 17.6. The highest BCUT2D eigenvalue weighted by atomic mass is 16.5. The van der Waals surface area contributed by atoms with Gasteiger partial charge in [0.1, 0.15) is 16.8 Å². The highest BCUT2D eigenvalue weighted by Gasteiger charge is 2.16. The Morgan fingerprint density at radius 1 is 1.10 bits per heavy atom. The minimum atomic E-state index is -0.497. The van der Waals surface area contributed by atoms with Gasteiger partial charge >= 0.3 is 0 Å². The SMILES string of the molecule is CCCCOc1ccc(NC(=O)c2cc(=O)c3cc(CC)ccc3o2)c2cccnc12. The average molecular weight is 416 g/mol. The smallest absolute Gasteiger partial charge is 0.291 e. The molecular formula is C25H24N2O4. The minimum Gasteiger partial charge on any atom is -0.491 e. The lowest BCUT2D eigenvalue weighted by atomic mass is 10.1. The van der Waals surface area contributed by atoms with Crippen molar-refractivity contribution in [2.45, 2.75) is 33.1 Å². The van der Waals surface area contributed by atoms with E-state index in [2.05, 4.69) is 17.2 Å². The summed E-state index contributed by atoms with van der Waals surface area (Å²) < 4.78 is 11.6. The molecule has 0 bridgehead atoms. The molecule has 0 aliphatic rings. The first-order chi connectivity index (χ1) is 15.1. The zero-order valence-electron chi connectivity index (χ0n) is 17.6. The van der Waals surface area contributed by atoms with E-state index in [1.165, 1.54) is 6.07 Å². The van der Waals surface area contributed by atoms with Crippen LogP contribution in [0, 0.1) is 0 Å². The van der Waals surface area contributed by atoms with Crippen LogP contribution in [0.1, 0.15) is 42.8 Å². The normalized spacial score (nSPS) is 11.0. The van der Waals surface area contributed by atoms with Crippen molar-refractivity contribution >= 4 is 33.5 Å². The summed E-state index contributed by atoms with van der Waals surface area (Å²) in [5.74, 6) is 0.136. The molecule has 158 valence electrons.